The summed E-state index contributed by atoms with van der Waals surface area (Å²) < 4.78 is 15.5. The maximum Gasteiger partial charge on any atom is 0.222 e. The molecule has 0 aliphatic rings. The van der Waals surface area contributed by atoms with Gasteiger partial charge in [0.2, 0.25) is 5.95 Å². The molecule has 0 saturated carbocycles. The summed E-state index contributed by atoms with van der Waals surface area (Å²) in [6, 6.07) is 12.4. The van der Waals surface area contributed by atoms with Crippen molar-refractivity contribution in [1.29, 1.82) is 0 Å². The second kappa shape index (κ2) is 8.59. The van der Waals surface area contributed by atoms with Crippen LogP contribution in [0.1, 0.15) is 19.4 Å². The van der Waals surface area contributed by atoms with Gasteiger partial charge in [0.1, 0.15) is 11.5 Å². The number of rotatable bonds is 7. The van der Waals surface area contributed by atoms with Crippen LogP contribution in [0.15, 0.2) is 54.9 Å². The van der Waals surface area contributed by atoms with E-state index >= 15 is 0 Å². The lowest BCUT2D eigenvalue weighted by atomic mass is 10.1. The topological polar surface area (TPSA) is 67.1 Å². The molecule has 4 rings (SSSR count). The quantitative estimate of drug-likeness (QED) is 0.478. The summed E-state index contributed by atoms with van der Waals surface area (Å²) in [4.78, 5) is 13.7. The Bertz CT molecular complexity index is 1150. The number of nitrogens with one attached hydrogen (secondary N) is 2. The van der Waals surface area contributed by atoms with Crippen LogP contribution in [0.4, 0.5) is 10.3 Å². The Balaban J connectivity index is 1.83. The van der Waals surface area contributed by atoms with Gasteiger partial charge in [-0.15, -0.1) is 0 Å². The van der Waals surface area contributed by atoms with E-state index in [-0.39, 0.29) is 5.82 Å². The summed E-state index contributed by atoms with van der Waals surface area (Å²) in [5.41, 5.74) is 5.15. The number of fused-ring (bicyclic) bond motifs is 1. The maximum absolute atomic E-state index is 13.5. The summed E-state index contributed by atoms with van der Waals surface area (Å²) >= 11 is 0. The normalized spacial score (nSPS) is 11.4. The van der Waals surface area contributed by atoms with Crippen LogP contribution in [0.3, 0.4) is 0 Å². The van der Waals surface area contributed by atoms with E-state index in [1.54, 1.807) is 25.4 Å². The molecule has 30 heavy (non-hydrogen) atoms. The zero-order valence-electron chi connectivity index (χ0n) is 17.4. The Kier molecular flexibility index (Phi) is 5.72. The number of hydrogen-bond acceptors (Lipinski definition) is 5. The van der Waals surface area contributed by atoms with Gasteiger partial charge >= 0.3 is 0 Å². The van der Waals surface area contributed by atoms with Gasteiger partial charge in [0.05, 0.1) is 17.1 Å². The molecule has 0 aliphatic carbocycles. The van der Waals surface area contributed by atoms with Crippen LogP contribution in [0.25, 0.3) is 28.3 Å². The molecule has 0 fully saturated rings. The van der Waals surface area contributed by atoms with E-state index < -0.39 is 0 Å². The van der Waals surface area contributed by atoms with Gasteiger partial charge < -0.3 is 10.6 Å². The average molecular weight is 404 g/mol. The Morgan fingerprint density at radius 2 is 1.87 bits per heavy atom. The van der Waals surface area contributed by atoms with E-state index in [2.05, 4.69) is 46.6 Å². The largest absolute Gasteiger partial charge is 0.357 e. The van der Waals surface area contributed by atoms with E-state index in [0.717, 1.165) is 46.9 Å². The fourth-order valence-corrected chi connectivity index (χ4v) is 3.37. The van der Waals surface area contributed by atoms with E-state index in [4.69, 9.17) is 4.98 Å². The van der Waals surface area contributed by atoms with Crippen LogP contribution < -0.4 is 10.6 Å². The molecule has 4 aromatic rings. The lowest BCUT2D eigenvalue weighted by Crippen LogP contribution is -2.18. The highest BCUT2D eigenvalue weighted by Gasteiger charge is 2.18. The zero-order valence-corrected chi connectivity index (χ0v) is 17.4. The summed E-state index contributed by atoms with van der Waals surface area (Å²) in [5.74, 6) is 0.847. The SMILES string of the molecule is CNc1nccc(-c2c(-c3ccc(F)cc3)nc3cc(CNCC(C)C)ccn23)n1. The van der Waals surface area contributed by atoms with Gasteiger partial charge in [-0.3, -0.25) is 4.40 Å². The lowest BCUT2D eigenvalue weighted by molar-refractivity contribution is 0.552. The predicted octanol–water partition coefficient (Wildman–Crippen LogP) is 4.38. The molecule has 0 unspecified atom stereocenters. The monoisotopic (exact) mass is 404 g/mol. The molecule has 0 atom stereocenters. The summed E-state index contributed by atoms with van der Waals surface area (Å²) in [6.45, 7) is 6.11. The van der Waals surface area contributed by atoms with Crippen molar-refractivity contribution in [3.8, 4) is 22.6 Å². The van der Waals surface area contributed by atoms with E-state index in [1.165, 1.54) is 12.1 Å². The van der Waals surface area contributed by atoms with E-state index in [9.17, 15) is 4.39 Å². The van der Waals surface area contributed by atoms with Crippen molar-refractivity contribution in [3.63, 3.8) is 0 Å². The smallest absolute Gasteiger partial charge is 0.222 e. The molecular formula is C23H25FN6. The molecular weight excluding hydrogens is 379 g/mol. The zero-order chi connectivity index (χ0) is 21.1. The van der Waals surface area contributed by atoms with E-state index in [0.29, 0.717) is 11.9 Å². The molecule has 6 nitrogen and oxygen atoms in total. The molecule has 0 aliphatic heterocycles. The van der Waals surface area contributed by atoms with Crippen molar-refractivity contribution in [2.75, 3.05) is 18.9 Å². The number of aromatic nitrogens is 4. The van der Waals surface area contributed by atoms with Gasteiger partial charge in [0, 0.05) is 31.5 Å². The fourth-order valence-electron chi connectivity index (χ4n) is 3.37. The van der Waals surface area contributed by atoms with Crippen LogP contribution in [0.2, 0.25) is 0 Å². The Morgan fingerprint density at radius 1 is 1.07 bits per heavy atom. The Morgan fingerprint density at radius 3 is 2.60 bits per heavy atom. The Hall–Kier alpha value is -3.32. The van der Waals surface area contributed by atoms with Crippen molar-refractivity contribution >= 4 is 11.6 Å². The third kappa shape index (κ3) is 4.16. The average Bonchev–Trinajstić information content (AvgIpc) is 3.13. The standard InChI is InChI=1S/C23H25FN6/c1-15(2)13-26-14-16-9-11-30-20(12-16)29-21(17-4-6-18(24)7-5-17)22(30)19-8-10-27-23(25-3)28-19/h4-12,15,26H,13-14H2,1-3H3,(H,25,27,28). The van der Waals surface area contributed by atoms with Crippen molar-refractivity contribution in [1.82, 2.24) is 24.7 Å². The molecule has 3 aromatic heterocycles. The third-order valence-electron chi connectivity index (χ3n) is 4.81. The highest BCUT2D eigenvalue weighted by Crippen LogP contribution is 2.32. The summed E-state index contributed by atoms with van der Waals surface area (Å²) in [7, 11) is 1.78. The number of anilines is 1. The second-order valence-corrected chi connectivity index (χ2v) is 7.62. The van der Waals surface area contributed by atoms with Crippen molar-refractivity contribution < 1.29 is 4.39 Å². The fraction of sp³-hybridized carbons (Fsp3) is 0.261. The van der Waals surface area contributed by atoms with Crippen LogP contribution in [0, 0.1) is 11.7 Å². The number of benzene rings is 1. The first-order valence-electron chi connectivity index (χ1n) is 10.0. The van der Waals surface area contributed by atoms with Gasteiger partial charge in [0.25, 0.3) is 0 Å². The Labute approximate surface area is 175 Å². The minimum Gasteiger partial charge on any atom is -0.357 e. The molecule has 0 bridgehead atoms. The van der Waals surface area contributed by atoms with Gasteiger partial charge in [0.15, 0.2) is 0 Å². The van der Waals surface area contributed by atoms with Gasteiger partial charge in [-0.05, 0) is 60.5 Å². The summed E-state index contributed by atoms with van der Waals surface area (Å²) in [5, 5.41) is 6.44. The molecule has 3 heterocycles. The molecule has 0 saturated heterocycles. The minimum atomic E-state index is -0.276. The third-order valence-corrected chi connectivity index (χ3v) is 4.81. The second-order valence-electron chi connectivity index (χ2n) is 7.62. The number of imidazole rings is 1. The lowest BCUT2D eigenvalue weighted by Gasteiger charge is -2.09. The molecule has 0 amide bonds. The van der Waals surface area contributed by atoms with E-state index in [1.807, 2.05) is 16.7 Å². The van der Waals surface area contributed by atoms with Gasteiger partial charge in [-0.1, -0.05) is 13.8 Å². The van der Waals surface area contributed by atoms with Gasteiger partial charge in [-0.25, -0.2) is 19.3 Å². The molecule has 0 spiro atoms. The molecule has 154 valence electrons. The van der Waals surface area contributed by atoms with Crippen LogP contribution >= 0.6 is 0 Å². The summed E-state index contributed by atoms with van der Waals surface area (Å²) in [6.07, 6.45) is 3.73. The number of hydrogen-bond donors (Lipinski definition) is 2. The minimum absolute atomic E-state index is 0.276. The first-order valence-corrected chi connectivity index (χ1v) is 10.0. The highest BCUT2D eigenvalue weighted by atomic mass is 19.1. The molecule has 7 heteroatoms. The van der Waals surface area contributed by atoms with Crippen molar-refractivity contribution in [3.05, 3.63) is 66.2 Å². The predicted molar refractivity (Wildman–Crippen MR) is 118 cm³/mol. The highest BCUT2D eigenvalue weighted by molar-refractivity contribution is 5.80. The van der Waals surface area contributed by atoms with Crippen molar-refractivity contribution in [2.24, 2.45) is 5.92 Å². The molecule has 2 N–H and O–H groups in total. The van der Waals surface area contributed by atoms with Gasteiger partial charge in [-0.2, -0.15) is 0 Å². The number of halogens is 1. The van der Waals surface area contributed by atoms with Crippen LogP contribution in [-0.4, -0.2) is 32.9 Å². The first-order chi connectivity index (χ1) is 14.5. The number of pyridine rings is 1. The number of nitrogens with zero attached hydrogens (tertiary/aromatic N) is 4. The molecule has 1 aromatic carbocycles. The molecule has 0 radical (unpaired) electrons. The van der Waals surface area contributed by atoms with Crippen LogP contribution in [-0.2, 0) is 6.54 Å². The van der Waals surface area contributed by atoms with Crippen LogP contribution in [0.5, 0.6) is 0 Å². The maximum atomic E-state index is 13.5. The van der Waals surface area contributed by atoms with Crippen molar-refractivity contribution in [2.45, 2.75) is 20.4 Å². The first kappa shape index (κ1) is 20.0.